The number of hydrogen-bond donors (Lipinski definition) is 0. The van der Waals surface area contributed by atoms with Gasteiger partial charge in [0.15, 0.2) is 0 Å². The highest BCUT2D eigenvalue weighted by atomic mass is 16.6. The van der Waals surface area contributed by atoms with E-state index in [0.717, 1.165) is 11.1 Å². The molecule has 126 valence electrons. The molecule has 1 aliphatic rings. The van der Waals surface area contributed by atoms with Crippen LogP contribution in [0.1, 0.15) is 39.8 Å². The van der Waals surface area contributed by atoms with E-state index in [1.807, 2.05) is 50.2 Å². The molecule has 2 aromatic rings. The molecule has 2 heterocycles. The first-order valence-electron chi connectivity index (χ1n) is 7.07. The monoisotopic (exact) mass is 324 g/mol. The van der Waals surface area contributed by atoms with E-state index in [1.165, 1.54) is 4.90 Å². The predicted octanol–water partition coefficient (Wildman–Crippen LogP) is 4.49. The van der Waals surface area contributed by atoms with Crippen molar-refractivity contribution in [3.8, 4) is 11.8 Å². The molecule has 0 aliphatic carbocycles. The Labute approximate surface area is 144 Å². The number of amides is 1. The van der Waals surface area contributed by atoms with Gasteiger partial charge in [-0.2, -0.15) is 0 Å². The maximum Gasteiger partial charge on any atom is 0.416 e. The zero-order valence-electron chi connectivity index (χ0n) is 12.5. The van der Waals surface area contributed by atoms with Crippen LogP contribution in [-0.2, 0) is 4.74 Å². The van der Waals surface area contributed by atoms with Crippen molar-refractivity contribution in [1.82, 2.24) is 4.98 Å². The van der Waals surface area contributed by atoms with Crippen molar-refractivity contribution in [3.63, 3.8) is 0 Å². The van der Waals surface area contributed by atoms with Gasteiger partial charge in [-0.1, -0.05) is 44.9 Å². The van der Waals surface area contributed by atoms with Crippen LogP contribution in [0, 0.1) is 11.8 Å². The van der Waals surface area contributed by atoms with E-state index >= 15 is 0 Å². The Bertz CT molecular complexity index is 741. The van der Waals surface area contributed by atoms with E-state index in [9.17, 15) is 4.79 Å². The molecule has 3 rings (SSSR count). The number of rotatable bonds is 1. The van der Waals surface area contributed by atoms with Crippen molar-refractivity contribution >= 4 is 11.9 Å². The first-order valence-corrected chi connectivity index (χ1v) is 7.07. The first-order chi connectivity index (χ1) is 10.5. The minimum atomic E-state index is -0.482. The zero-order chi connectivity index (χ0) is 15.6. The highest BCUT2D eigenvalue weighted by molar-refractivity contribution is 5.89. The van der Waals surface area contributed by atoms with Crippen LogP contribution in [0.4, 0.5) is 10.6 Å². The van der Waals surface area contributed by atoms with Gasteiger partial charge in [0, 0.05) is 17.3 Å². The van der Waals surface area contributed by atoms with Crippen LogP contribution in [0.5, 0.6) is 0 Å². The molecule has 0 spiro atoms. The Hall–Kier alpha value is -2.80. The largest absolute Gasteiger partial charge is 0.441 e. The summed E-state index contributed by atoms with van der Waals surface area (Å²) < 4.78 is 5.27. The van der Waals surface area contributed by atoms with Gasteiger partial charge < -0.3 is 4.74 Å². The molecule has 0 saturated carbocycles. The topological polar surface area (TPSA) is 42.4 Å². The normalized spacial score (nSPS) is 14.6. The number of ether oxygens (including phenoxy) is 1. The van der Waals surface area contributed by atoms with Gasteiger partial charge in [0.2, 0.25) is 0 Å². The number of nitrogens with zero attached hydrogens (tertiary/aromatic N) is 2. The SMILES string of the molecule is C.C.CC1(C)CN(c2ccc(C#Cc3ccccc3)cn2)C(=O)O1. The van der Waals surface area contributed by atoms with Gasteiger partial charge in [-0.3, -0.25) is 4.90 Å². The summed E-state index contributed by atoms with van der Waals surface area (Å²) in [5, 5.41) is 0. The van der Waals surface area contributed by atoms with Crippen LogP contribution in [0.25, 0.3) is 0 Å². The van der Waals surface area contributed by atoms with Crippen molar-refractivity contribution in [2.75, 3.05) is 11.4 Å². The van der Waals surface area contributed by atoms with Gasteiger partial charge in [0.25, 0.3) is 0 Å². The Morgan fingerprint density at radius 1 is 1.04 bits per heavy atom. The maximum absolute atomic E-state index is 11.8. The van der Waals surface area contributed by atoms with E-state index in [0.29, 0.717) is 12.4 Å². The van der Waals surface area contributed by atoms with E-state index in [1.54, 1.807) is 12.3 Å². The molecule has 4 heteroatoms. The molecular formula is C20H24N2O2. The Balaban J connectivity index is 0.00000144. The smallest absolute Gasteiger partial charge is 0.416 e. The highest BCUT2D eigenvalue weighted by Crippen LogP contribution is 2.25. The van der Waals surface area contributed by atoms with Gasteiger partial charge in [-0.15, -0.1) is 0 Å². The molecule has 1 amide bonds. The number of carbonyl (C=O) groups is 1. The minimum Gasteiger partial charge on any atom is -0.441 e. The quantitative estimate of drug-likeness (QED) is 0.726. The van der Waals surface area contributed by atoms with Crippen molar-refractivity contribution in [1.29, 1.82) is 0 Å². The lowest BCUT2D eigenvalue weighted by Crippen LogP contribution is -2.28. The Morgan fingerprint density at radius 3 is 2.25 bits per heavy atom. The molecule has 24 heavy (non-hydrogen) atoms. The molecule has 4 nitrogen and oxygen atoms in total. The average Bonchev–Trinajstić information content (AvgIpc) is 2.80. The fourth-order valence-electron chi connectivity index (χ4n) is 2.23. The molecule has 0 atom stereocenters. The Kier molecular flexibility index (Phi) is 6.13. The molecule has 0 unspecified atom stereocenters. The maximum atomic E-state index is 11.8. The lowest BCUT2D eigenvalue weighted by molar-refractivity contribution is 0.0871. The van der Waals surface area contributed by atoms with E-state index < -0.39 is 5.60 Å². The number of cyclic esters (lactones) is 1. The van der Waals surface area contributed by atoms with Gasteiger partial charge in [-0.05, 0) is 38.1 Å². The summed E-state index contributed by atoms with van der Waals surface area (Å²) in [5.74, 6) is 6.72. The summed E-state index contributed by atoms with van der Waals surface area (Å²) in [5.41, 5.74) is 1.28. The van der Waals surface area contributed by atoms with Crippen molar-refractivity contribution in [2.45, 2.75) is 34.3 Å². The van der Waals surface area contributed by atoms with E-state index in [-0.39, 0.29) is 20.9 Å². The second kappa shape index (κ2) is 7.65. The van der Waals surface area contributed by atoms with E-state index in [2.05, 4.69) is 16.8 Å². The fraction of sp³-hybridized carbons (Fsp3) is 0.300. The molecule has 0 radical (unpaired) electrons. The van der Waals surface area contributed by atoms with Crippen LogP contribution >= 0.6 is 0 Å². The average molecular weight is 324 g/mol. The molecule has 0 bridgehead atoms. The van der Waals surface area contributed by atoms with Crippen LogP contribution in [0.2, 0.25) is 0 Å². The summed E-state index contributed by atoms with van der Waals surface area (Å²) in [7, 11) is 0. The Morgan fingerprint density at radius 2 is 1.71 bits per heavy atom. The third-order valence-corrected chi connectivity index (χ3v) is 3.27. The third-order valence-electron chi connectivity index (χ3n) is 3.27. The fourth-order valence-corrected chi connectivity index (χ4v) is 2.23. The molecule has 0 N–H and O–H groups in total. The lowest BCUT2D eigenvalue weighted by atomic mass is 10.1. The molecule has 1 aromatic heterocycles. The summed E-state index contributed by atoms with van der Waals surface area (Å²) >= 11 is 0. The van der Waals surface area contributed by atoms with Gasteiger partial charge in [0.1, 0.15) is 11.4 Å². The van der Waals surface area contributed by atoms with Gasteiger partial charge in [-0.25, -0.2) is 9.78 Å². The number of benzene rings is 1. The zero-order valence-corrected chi connectivity index (χ0v) is 12.5. The van der Waals surface area contributed by atoms with Crippen molar-refractivity contribution in [2.24, 2.45) is 0 Å². The number of aromatic nitrogens is 1. The van der Waals surface area contributed by atoms with E-state index in [4.69, 9.17) is 4.74 Å². The standard InChI is InChI=1S/C18H16N2O2.2CH4/c1-18(2)13-20(17(21)22-18)16-11-10-15(12-19-16)9-8-14-6-4-3-5-7-14;;/h3-7,10-12H,13H2,1-2H3;2*1H4. The number of anilines is 1. The molecular weight excluding hydrogens is 300 g/mol. The summed E-state index contributed by atoms with van der Waals surface area (Å²) in [6.45, 7) is 4.25. The lowest BCUT2D eigenvalue weighted by Gasteiger charge is -2.14. The third kappa shape index (κ3) is 4.36. The molecule has 1 saturated heterocycles. The molecule has 1 fully saturated rings. The second-order valence-corrected chi connectivity index (χ2v) is 5.73. The summed E-state index contributed by atoms with van der Waals surface area (Å²) in [6.07, 6.45) is 1.31. The van der Waals surface area contributed by atoms with Gasteiger partial charge >= 0.3 is 6.09 Å². The van der Waals surface area contributed by atoms with Gasteiger partial charge in [0.05, 0.1) is 6.54 Å². The summed E-state index contributed by atoms with van der Waals surface area (Å²) in [6, 6.07) is 13.4. The highest BCUT2D eigenvalue weighted by Gasteiger charge is 2.38. The first kappa shape index (κ1) is 19.2. The number of carbonyl (C=O) groups excluding carboxylic acids is 1. The van der Waals surface area contributed by atoms with Crippen LogP contribution < -0.4 is 4.90 Å². The predicted molar refractivity (Wildman–Crippen MR) is 98.0 cm³/mol. The van der Waals surface area contributed by atoms with Crippen LogP contribution in [0.3, 0.4) is 0 Å². The number of hydrogen-bond acceptors (Lipinski definition) is 3. The van der Waals surface area contributed by atoms with Crippen LogP contribution in [-0.4, -0.2) is 23.2 Å². The molecule has 1 aromatic carbocycles. The minimum absolute atomic E-state index is 0. The summed E-state index contributed by atoms with van der Waals surface area (Å²) in [4.78, 5) is 17.7. The number of pyridine rings is 1. The molecule has 1 aliphatic heterocycles. The second-order valence-electron chi connectivity index (χ2n) is 5.73. The van der Waals surface area contributed by atoms with Crippen molar-refractivity contribution in [3.05, 3.63) is 59.8 Å². The van der Waals surface area contributed by atoms with Crippen molar-refractivity contribution < 1.29 is 9.53 Å². The van der Waals surface area contributed by atoms with Crippen LogP contribution in [0.15, 0.2) is 48.7 Å².